The standard InChI is InChI=1S/C27H32N2O6/c1-2-3-12-24(25(30)28-14-18-13-17(15-34-18)26(31)32)29-27(33)35-16-23-21-10-6-4-8-19(21)20-9-5-7-11-22(20)23/h4-11,17-18,23-24H,2-3,12-16H2,1H3,(H,28,30)(H,29,33)(H,31,32)/t17-,18-,24?/m0/s1. The van der Waals surface area contributed by atoms with Crippen molar-refractivity contribution < 1.29 is 29.0 Å². The molecule has 8 heteroatoms. The highest BCUT2D eigenvalue weighted by Crippen LogP contribution is 2.44. The van der Waals surface area contributed by atoms with Gasteiger partial charge in [0.15, 0.2) is 0 Å². The fourth-order valence-electron chi connectivity index (χ4n) is 4.82. The van der Waals surface area contributed by atoms with Gasteiger partial charge in [0.25, 0.3) is 0 Å². The van der Waals surface area contributed by atoms with Gasteiger partial charge in [-0.2, -0.15) is 0 Å². The number of carboxylic acids is 1. The molecule has 1 aliphatic heterocycles. The van der Waals surface area contributed by atoms with Crippen molar-refractivity contribution in [1.82, 2.24) is 10.6 Å². The molecule has 0 saturated carbocycles. The second-order valence-corrected chi connectivity index (χ2v) is 9.14. The second kappa shape index (κ2) is 11.4. The molecule has 0 radical (unpaired) electrons. The molecular formula is C27H32N2O6. The molecule has 1 aliphatic carbocycles. The first-order valence-corrected chi connectivity index (χ1v) is 12.2. The molecule has 4 rings (SSSR count). The van der Waals surface area contributed by atoms with Gasteiger partial charge in [-0.05, 0) is 35.1 Å². The number of alkyl carbamates (subject to hydrolysis) is 1. The Morgan fingerprint density at radius 3 is 2.34 bits per heavy atom. The summed E-state index contributed by atoms with van der Waals surface area (Å²) in [5, 5.41) is 14.6. The van der Waals surface area contributed by atoms with E-state index in [9.17, 15) is 14.4 Å². The zero-order valence-corrected chi connectivity index (χ0v) is 19.9. The van der Waals surface area contributed by atoms with Crippen LogP contribution in [0, 0.1) is 5.92 Å². The number of fused-ring (bicyclic) bond motifs is 3. The van der Waals surface area contributed by atoms with E-state index in [0.29, 0.717) is 12.8 Å². The number of aliphatic carboxylic acids is 1. The predicted molar refractivity (Wildman–Crippen MR) is 130 cm³/mol. The van der Waals surface area contributed by atoms with E-state index in [0.717, 1.165) is 35.1 Å². The number of nitrogens with one attached hydrogen (secondary N) is 2. The quantitative estimate of drug-likeness (QED) is 0.478. The number of hydrogen-bond acceptors (Lipinski definition) is 5. The number of carboxylic acid groups (broad SMARTS) is 1. The van der Waals surface area contributed by atoms with Crippen molar-refractivity contribution in [2.24, 2.45) is 5.92 Å². The fraction of sp³-hybridized carbons (Fsp3) is 0.444. The first kappa shape index (κ1) is 24.7. The summed E-state index contributed by atoms with van der Waals surface area (Å²) in [6.45, 7) is 2.54. The largest absolute Gasteiger partial charge is 0.481 e. The van der Waals surface area contributed by atoms with Gasteiger partial charge in [-0.3, -0.25) is 9.59 Å². The number of amides is 2. The highest BCUT2D eigenvalue weighted by atomic mass is 16.5. The van der Waals surface area contributed by atoms with E-state index in [1.54, 1.807) is 0 Å². The van der Waals surface area contributed by atoms with Crippen molar-refractivity contribution in [3.05, 3.63) is 59.7 Å². The molecule has 3 N–H and O–H groups in total. The van der Waals surface area contributed by atoms with E-state index in [1.807, 2.05) is 31.2 Å². The molecule has 1 saturated heterocycles. The lowest BCUT2D eigenvalue weighted by atomic mass is 9.98. The average molecular weight is 481 g/mol. The van der Waals surface area contributed by atoms with E-state index in [1.165, 1.54) is 0 Å². The Labute approximate surface area is 205 Å². The maximum atomic E-state index is 12.8. The molecule has 0 spiro atoms. The van der Waals surface area contributed by atoms with E-state index < -0.39 is 24.0 Å². The van der Waals surface area contributed by atoms with Crippen molar-refractivity contribution in [3.63, 3.8) is 0 Å². The average Bonchev–Trinajstić information content (AvgIpc) is 3.47. The molecule has 0 bridgehead atoms. The fourth-order valence-corrected chi connectivity index (χ4v) is 4.82. The van der Waals surface area contributed by atoms with Crippen LogP contribution in [0.5, 0.6) is 0 Å². The molecule has 3 atom stereocenters. The Kier molecular flexibility index (Phi) is 8.02. The molecule has 2 amide bonds. The van der Waals surface area contributed by atoms with Gasteiger partial charge in [-0.1, -0.05) is 68.3 Å². The molecule has 2 aromatic rings. The van der Waals surface area contributed by atoms with E-state index in [-0.39, 0.29) is 37.7 Å². The highest BCUT2D eigenvalue weighted by molar-refractivity contribution is 5.85. The topological polar surface area (TPSA) is 114 Å². The molecule has 0 aromatic heterocycles. The van der Waals surface area contributed by atoms with Crippen LogP contribution in [0.4, 0.5) is 4.79 Å². The highest BCUT2D eigenvalue weighted by Gasteiger charge is 2.32. The van der Waals surface area contributed by atoms with Crippen LogP contribution in [0.1, 0.15) is 49.7 Å². The van der Waals surface area contributed by atoms with Gasteiger partial charge in [0.1, 0.15) is 12.6 Å². The molecule has 1 fully saturated rings. The van der Waals surface area contributed by atoms with Crippen molar-refractivity contribution in [2.75, 3.05) is 19.8 Å². The SMILES string of the molecule is CCCCC(NC(=O)OCC1c2ccccc2-c2ccccc21)C(=O)NC[C@@H]1C[C@H](C(=O)O)CO1. The predicted octanol–water partition coefficient (Wildman–Crippen LogP) is 3.69. The van der Waals surface area contributed by atoms with Crippen LogP contribution >= 0.6 is 0 Å². The van der Waals surface area contributed by atoms with Gasteiger partial charge < -0.3 is 25.2 Å². The molecule has 1 heterocycles. The number of ether oxygens (including phenoxy) is 2. The van der Waals surface area contributed by atoms with Crippen molar-refractivity contribution in [3.8, 4) is 11.1 Å². The Morgan fingerprint density at radius 2 is 1.74 bits per heavy atom. The number of carbonyl (C=O) groups excluding carboxylic acids is 2. The Morgan fingerprint density at radius 1 is 1.09 bits per heavy atom. The van der Waals surface area contributed by atoms with E-state index >= 15 is 0 Å². The number of benzene rings is 2. The van der Waals surface area contributed by atoms with Crippen molar-refractivity contribution in [1.29, 1.82) is 0 Å². The van der Waals surface area contributed by atoms with Crippen molar-refractivity contribution in [2.45, 2.75) is 50.7 Å². The van der Waals surface area contributed by atoms with Crippen molar-refractivity contribution >= 4 is 18.0 Å². The molecule has 8 nitrogen and oxygen atoms in total. The molecular weight excluding hydrogens is 448 g/mol. The van der Waals surface area contributed by atoms with Crippen LogP contribution in [0.2, 0.25) is 0 Å². The summed E-state index contributed by atoms with van der Waals surface area (Å²) in [7, 11) is 0. The number of unbranched alkanes of at least 4 members (excludes halogenated alkanes) is 1. The summed E-state index contributed by atoms with van der Waals surface area (Å²) in [5.74, 6) is -1.82. The molecule has 2 aliphatic rings. The van der Waals surface area contributed by atoms with E-state index in [2.05, 4.69) is 34.9 Å². The minimum Gasteiger partial charge on any atom is -0.481 e. The van der Waals surface area contributed by atoms with Gasteiger partial charge in [0.05, 0.1) is 18.6 Å². The minimum absolute atomic E-state index is 0.0576. The monoisotopic (exact) mass is 480 g/mol. The van der Waals surface area contributed by atoms with Crippen LogP contribution < -0.4 is 10.6 Å². The Bertz CT molecular complexity index is 1030. The minimum atomic E-state index is -0.892. The third-order valence-electron chi connectivity index (χ3n) is 6.73. The third-order valence-corrected chi connectivity index (χ3v) is 6.73. The summed E-state index contributed by atoms with van der Waals surface area (Å²) in [6, 6.07) is 15.5. The number of hydrogen-bond donors (Lipinski definition) is 3. The molecule has 1 unspecified atom stereocenters. The van der Waals surface area contributed by atoms with Gasteiger partial charge in [0, 0.05) is 12.5 Å². The van der Waals surface area contributed by atoms with Gasteiger partial charge in [0.2, 0.25) is 5.91 Å². The zero-order chi connectivity index (χ0) is 24.8. The lowest BCUT2D eigenvalue weighted by Crippen LogP contribution is -2.48. The summed E-state index contributed by atoms with van der Waals surface area (Å²) < 4.78 is 11.1. The van der Waals surface area contributed by atoms with Crippen LogP contribution in [0.3, 0.4) is 0 Å². The maximum absolute atomic E-state index is 12.8. The van der Waals surface area contributed by atoms with Gasteiger partial charge >= 0.3 is 12.1 Å². The summed E-state index contributed by atoms with van der Waals surface area (Å²) in [4.78, 5) is 36.6. The second-order valence-electron chi connectivity index (χ2n) is 9.14. The molecule has 35 heavy (non-hydrogen) atoms. The maximum Gasteiger partial charge on any atom is 0.407 e. The lowest BCUT2D eigenvalue weighted by molar-refractivity contribution is -0.141. The van der Waals surface area contributed by atoms with E-state index in [4.69, 9.17) is 14.6 Å². The Hall–Kier alpha value is -3.39. The van der Waals surface area contributed by atoms with Crippen LogP contribution in [-0.2, 0) is 19.1 Å². The normalized spacial score (nSPS) is 19.5. The molecule has 186 valence electrons. The smallest absolute Gasteiger partial charge is 0.407 e. The molecule has 2 aromatic carbocycles. The number of carbonyl (C=O) groups is 3. The third kappa shape index (κ3) is 5.82. The van der Waals surface area contributed by atoms with Crippen LogP contribution in [0.25, 0.3) is 11.1 Å². The summed E-state index contributed by atoms with van der Waals surface area (Å²) in [5.41, 5.74) is 4.55. The van der Waals surface area contributed by atoms with Gasteiger partial charge in [-0.15, -0.1) is 0 Å². The van der Waals surface area contributed by atoms with Crippen LogP contribution in [0.15, 0.2) is 48.5 Å². The summed E-state index contributed by atoms with van der Waals surface area (Å²) >= 11 is 0. The lowest BCUT2D eigenvalue weighted by Gasteiger charge is -2.20. The number of rotatable bonds is 10. The van der Waals surface area contributed by atoms with Crippen LogP contribution in [-0.4, -0.2) is 55.0 Å². The first-order valence-electron chi connectivity index (χ1n) is 12.2. The first-order chi connectivity index (χ1) is 17.0. The Balaban J connectivity index is 1.32. The summed E-state index contributed by atoms with van der Waals surface area (Å²) in [6.07, 6.45) is 1.50. The zero-order valence-electron chi connectivity index (χ0n) is 19.9. The van der Waals surface area contributed by atoms with Gasteiger partial charge in [-0.25, -0.2) is 4.79 Å².